The van der Waals surface area contributed by atoms with Gasteiger partial charge in [0, 0.05) is 0 Å². The number of aromatic nitrogens is 4. The number of aliphatic carboxylic acids is 1. The molecule has 0 amide bonds. The van der Waals surface area contributed by atoms with Gasteiger partial charge in [-0.3, -0.25) is 4.79 Å². The Labute approximate surface area is 61.8 Å². The van der Waals surface area contributed by atoms with Gasteiger partial charge in [-0.2, -0.15) is 5.21 Å². The predicted molar refractivity (Wildman–Crippen MR) is 34.9 cm³/mol. The van der Waals surface area contributed by atoms with Crippen LogP contribution in [0.4, 0.5) is 5.95 Å². The summed E-state index contributed by atoms with van der Waals surface area (Å²) in [5.41, 5.74) is 0. The van der Waals surface area contributed by atoms with Crippen LogP contribution in [0.5, 0.6) is 0 Å². The molecule has 3 N–H and O–H groups in total. The number of rotatable bonds is 3. The summed E-state index contributed by atoms with van der Waals surface area (Å²) in [6.07, 6.45) is 0. The third kappa shape index (κ3) is 1.88. The van der Waals surface area contributed by atoms with Crippen molar-refractivity contribution >= 4 is 11.9 Å². The molecule has 1 aromatic rings. The van der Waals surface area contributed by atoms with Gasteiger partial charge < -0.3 is 10.4 Å². The van der Waals surface area contributed by atoms with Crippen molar-refractivity contribution in [2.45, 2.75) is 13.0 Å². The van der Waals surface area contributed by atoms with E-state index in [0.29, 0.717) is 0 Å². The summed E-state index contributed by atoms with van der Waals surface area (Å²) in [6.45, 7) is 1.48. The van der Waals surface area contributed by atoms with Gasteiger partial charge in [0.05, 0.1) is 0 Å². The molecule has 7 heteroatoms. The maximum absolute atomic E-state index is 10.3. The fraction of sp³-hybridized carbons (Fsp3) is 0.500. The van der Waals surface area contributed by atoms with Gasteiger partial charge >= 0.3 is 5.97 Å². The first-order valence-electron chi connectivity index (χ1n) is 2.93. The molecule has 0 aliphatic carbocycles. The van der Waals surface area contributed by atoms with Crippen molar-refractivity contribution in [2.24, 2.45) is 0 Å². The number of tetrazole rings is 1. The number of nitrogens with one attached hydrogen (secondary N) is 2. The van der Waals surface area contributed by atoms with Crippen molar-refractivity contribution in [1.29, 1.82) is 0 Å². The third-order valence-electron chi connectivity index (χ3n) is 1.06. The third-order valence-corrected chi connectivity index (χ3v) is 1.06. The Bertz CT molecular complexity index is 233. The minimum Gasteiger partial charge on any atom is -0.480 e. The van der Waals surface area contributed by atoms with Gasteiger partial charge in [-0.15, -0.1) is 5.10 Å². The molecule has 0 bridgehead atoms. The van der Waals surface area contributed by atoms with Gasteiger partial charge in [-0.25, -0.2) is 0 Å². The number of nitrogens with zero attached hydrogens (tertiary/aromatic N) is 3. The highest BCUT2D eigenvalue weighted by Gasteiger charge is 2.11. The van der Waals surface area contributed by atoms with Crippen LogP contribution in [-0.4, -0.2) is 37.7 Å². The van der Waals surface area contributed by atoms with E-state index >= 15 is 0 Å². The van der Waals surface area contributed by atoms with Gasteiger partial charge in [-0.1, -0.05) is 5.10 Å². The molecule has 0 spiro atoms. The van der Waals surface area contributed by atoms with Crippen molar-refractivity contribution in [3.05, 3.63) is 0 Å². The van der Waals surface area contributed by atoms with Crippen LogP contribution in [0.2, 0.25) is 0 Å². The molecule has 7 nitrogen and oxygen atoms in total. The van der Waals surface area contributed by atoms with E-state index in [4.69, 9.17) is 5.11 Å². The van der Waals surface area contributed by atoms with Crippen LogP contribution in [0.1, 0.15) is 6.92 Å². The Morgan fingerprint density at radius 3 is 3.00 bits per heavy atom. The van der Waals surface area contributed by atoms with E-state index in [-0.39, 0.29) is 5.95 Å². The lowest BCUT2D eigenvalue weighted by Crippen LogP contribution is -2.25. The van der Waals surface area contributed by atoms with Crippen LogP contribution in [0.15, 0.2) is 0 Å². The number of anilines is 1. The van der Waals surface area contributed by atoms with E-state index in [2.05, 4.69) is 25.9 Å². The Hall–Kier alpha value is -1.66. The summed E-state index contributed by atoms with van der Waals surface area (Å²) in [5.74, 6) is -0.783. The SMILES string of the molecule is CC(Nc1nn[nH]n1)C(=O)O. The fourth-order valence-electron chi connectivity index (χ4n) is 0.478. The van der Waals surface area contributed by atoms with Crippen LogP contribution in [0.3, 0.4) is 0 Å². The van der Waals surface area contributed by atoms with E-state index < -0.39 is 12.0 Å². The van der Waals surface area contributed by atoms with E-state index in [9.17, 15) is 4.79 Å². The average Bonchev–Trinajstić information content (AvgIpc) is 2.39. The molecule has 1 atom stereocenters. The minimum atomic E-state index is -0.963. The van der Waals surface area contributed by atoms with Crippen LogP contribution in [0.25, 0.3) is 0 Å². The van der Waals surface area contributed by atoms with Gasteiger partial charge in [0.1, 0.15) is 6.04 Å². The number of carbonyl (C=O) groups is 1. The lowest BCUT2D eigenvalue weighted by molar-refractivity contribution is -0.137. The zero-order valence-electron chi connectivity index (χ0n) is 5.77. The first-order chi connectivity index (χ1) is 5.20. The Morgan fingerprint density at radius 1 is 1.82 bits per heavy atom. The van der Waals surface area contributed by atoms with Crippen molar-refractivity contribution in [3.63, 3.8) is 0 Å². The van der Waals surface area contributed by atoms with Gasteiger partial charge in [0.25, 0.3) is 5.95 Å². The second-order valence-electron chi connectivity index (χ2n) is 1.94. The Kier molecular flexibility index (Phi) is 2.00. The van der Waals surface area contributed by atoms with Crippen molar-refractivity contribution in [2.75, 3.05) is 5.32 Å². The first kappa shape index (κ1) is 7.45. The zero-order valence-corrected chi connectivity index (χ0v) is 5.77. The number of hydrogen-bond donors (Lipinski definition) is 3. The molecule has 0 fully saturated rings. The molecule has 0 aromatic carbocycles. The van der Waals surface area contributed by atoms with E-state index in [0.717, 1.165) is 0 Å². The lowest BCUT2D eigenvalue weighted by atomic mass is 10.3. The summed E-state index contributed by atoms with van der Waals surface area (Å²) in [5, 5.41) is 23.4. The largest absolute Gasteiger partial charge is 0.480 e. The predicted octanol–water partition coefficient (Wildman–Crippen LogP) is -0.915. The molecule has 60 valence electrons. The second kappa shape index (κ2) is 2.95. The van der Waals surface area contributed by atoms with Crippen LogP contribution in [0, 0.1) is 0 Å². The summed E-state index contributed by atoms with van der Waals surface area (Å²) < 4.78 is 0. The summed E-state index contributed by atoms with van der Waals surface area (Å²) in [6, 6.07) is -0.715. The normalized spacial score (nSPS) is 12.5. The summed E-state index contributed by atoms with van der Waals surface area (Å²) in [7, 11) is 0. The molecule has 11 heavy (non-hydrogen) atoms. The second-order valence-corrected chi connectivity index (χ2v) is 1.94. The summed E-state index contributed by atoms with van der Waals surface area (Å²) >= 11 is 0. The smallest absolute Gasteiger partial charge is 0.325 e. The van der Waals surface area contributed by atoms with Gasteiger partial charge in [0.2, 0.25) is 0 Å². The lowest BCUT2D eigenvalue weighted by Gasteiger charge is -2.04. The van der Waals surface area contributed by atoms with E-state index in [1.165, 1.54) is 6.92 Å². The number of carboxylic acids is 1. The standard InChI is InChI=1S/C4H7N5O2/c1-2(3(10)11)5-4-6-8-9-7-4/h2H,1H3,(H,10,11)(H2,5,6,7,8,9). The van der Waals surface area contributed by atoms with Crippen molar-refractivity contribution in [1.82, 2.24) is 20.6 Å². The molecule has 0 radical (unpaired) electrons. The quantitative estimate of drug-likeness (QED) is 0.524. The number of H-pyrrole nitrogens is 1. The molecule has 1 aromatic heterocycles. The average molecular weight is 157 g/mol. The zero-order chi connectivity index (χ0) is 8.27. The first-order valence-corrected chi connectivity index (χ1v) is 2.93. The van der Waals surface area contributed by atoms with E-state index in [1.54, 1.807) is 0 Å². The van der Waals surface area contributed by atoms with Gasteiger partial charge in [0.15, 0.2) is 0 Å². The number of aromatic amines is 1. The monoisotopic (exact) mass is 157 g/mol. The molecular weight excluding hydrogens is 150 g/mol. The molecule has 0 aliphatic rings. The maximum atomic E-state index is 10.3. The van der Waals surface area contributed by atoms with Crippen LogP contribution in [-0.2, 0) is 4.79 Å². The highest BCUT2D eigenvalue weighted by molar-refractivity contribution is 5.75. The molecule has 0 saturated carbocycles. The number of hydrogen-bond acceptors (Lipinski definition) is 5. The molecular formula is C4H7N5O2. The van der Waals surface area contributed by atoms with Crippen molar-refractivity contribution < 1.29 is 9.90 Å². The molecule has 1 rings (SSSR count). The van der Waals surface area contributed by atoms with Crippen molar-refractivity contribution in [3.8, 4) is 0 Å². The molecule has 1 unspecified atom stereocenters. The van der Waals surface area contributed by atoms with E-state index in [1.807, 2.05) is 0 Å². The Balaban J connectivity index is 2.50. The van der Waals surface area contributed by atoms with Crippen LogP contribution < -0.4 is 5.32 Å². The maximum Gasteiger partial charge on any atom is 0.325 e. The van der Waals surface area contributed by atoms with Gasteiger partial charge in [-0.05, 0) is 12.1 Å². The number of carboxylic acid groups (broad SMARTS) is 1. The molecule has 0 aliphatic heterocycles. The summed E-state index contributed by atoms with van der Waals surface area (Å²) in [4.78, 5) is 10.3. The molecule has 0 saturated heterocycles. The fourth-order valence-corrected chi connectivity index (χ4v) is 0.478. The highest BCUT2D eigenvalue weighted by Crippen LogP contribution is 1.94. The highest BCUT2D eigenvalue weighted by atomic mass is 16.4. The molecule has 1 heterocycles. The Morgan fingerprint density at radius 2 is 2.55 bits per heavy atom. The minimum absolute atomic E-state index is 0.180. The topological polar surface area (TPSA) is 104 Å². The van der Waals surface area contributed by atoms with Crippen LogP contribution >= 0.6 is 0 Å².